The fraction of sp³-hybridized carbons (Fsp3) is 0.357. The predicted molar refractivity (Wildman–Crippen MR) is 155 cm³/mol. The van der Waals surface area contributed by atoms with E-state index < -0.39 is 36.0 Å². The second-order valence-corrected chi connectivity index (χ2v) is 10.7. The average Bonchev–Trinajstić information content (AvgIpc) is 3.43. The van der Waals surface area contributed by atoms with Crippen molar-refractivity contribution < 1.29 is 23.8 Å². The molecule has 43 heavy (non-hydrogen) atoms. The number of fused-ring (bicyclic) bond motifs is 1. The first kappa shape index (κ1) is 29.9. The summed E-state index contributed by atoms with van der Waals surface area (Å²) in [4.78, 5) is 49.1. The highest BCUT2D eigenvalue weighted by molar-refractivity contribution is 6.32. The maximum absolute atomic E-state index is 14.0. The van der Waals surface area contributed by atoms with E-state index in [4.69, 9.17) is 16.3 Å². The quantitative estimate of drug-likeness (QED) is 0.258. The number of halogens is 2. The van der Waals surface area contributed by atoms with E-state index in [0.717, 1.165) is 11.0 Å². The summed E-state index contributed by atoms with van der Waals surface area (Å²) in [5.41, 5.74) is 0.808. The summed E-state index contributed by atoms with van der Waals surface area (Å²) in [7, 11) is 3.14. The second-order valence-electron chi connectivity index (χ2n) is 10.3. The van der Waals surface area contributed by atoms with Crippen LogP contribution < -0.4 is 20.9 Å². The fourth-order valence-corrected chi connectivity index (χ4v) is 5.05. The zero-order chi connectivity index (χ0) is 30.8. The summed E-state index contributed by atoms with van der Waals surface area (Å²) in [5.74, 6) is -0.628. The number of hydrogen-bond acceptors (Lipinski definition) is 9. The van der Waals surface area contributed by atoms with Crippen molar-refractivity contribution in [3.05, 3.63) is 69.7 Å². The molecule has 13 nitrogen and oxygen atoms in total. The van der Waals surface area contributed by atoms with E-state index in [-0.39, 0.29) is 28.2 Å². The maximum atomic E-state index is 14.0. The number of benzene rings is 1. The number of aliphatic hydroxyl groups is 1. The molecule has 0 spiro atoms. The molecule has 0 radical (unpaired) electrons. The Morgan fingerprint density at radius 3 is 2.79 bits per heavy atom. The molecule has 1 aromatic carbocycles. The number of aliphatic hydroxyl groups excluding tert-OH is 1. The predicted octanol–water partition coefficient (Wildman–Crippen LogP) is 2.20. The Bertz CT molecular complexity index is 1740. The van der Waals surface area contributed by atoms with E-state index >= 15 is 0 Å². The number of carbonyl (C=O) groups excluding carboxylic acids is 2. The summed E-state index contributed by atoms with van der Waals surface area (Å²) in [5, 5.41) is 20.3. The molecule has 0 saturated carbocycles. The van der Waals surface area contributed by atoms with Gasteiger partial charge >= 0.3 is 0 Å². The van der Waals surface area contributed by atoms with E-state index in [2.05, 4.69) is 25.7 Å². The minimum atomic E-state index is -1.02. The number of piperidine rings is 1. The lowest BCUT2D eigenvalue weighted by Gasteiger charge is -2.29. The van der Waals surface area contributed by atoms with Gasteiger partial charge in [0.25, 0.3) is 5.56 Å². The monoisotopic (exact) mass is 612 g/mol. The van der Waals surface area contributed by atoms with Crippen LogP contribution in [-0.2, 0) is 9.59 Å². The molecule has 3 aromatic heterocycles. The van der Waals surface area contributed by atoms with E-state index in [9.17, 15) is 23.9 Å². The third kappa shape index (κ3) is 6.29. The number of amides is 2. The average molecular weight is 613 g/mol. The van der Waals surface area contributed by atoms with Crippen LogP contribution >= 0.6 is 11.6 Å². The van der Waals surface area contributed by atoms with Crippen molar-refractivity contribution in [3.8, 4) is 17.0 Å². The van der Waals surface area contributed by atoms with Crippen molar-refractivity contribution in [2.75, 3.05) is 32.6 Å². The lowest BCUT2D eigenvalue weighted by Crippen LogP contribution is -2.41. The van der Waals surface area contributed by atoms with Gasteiger partial charge in [-0.3, -0.25) is 19.0 Å². The first-order chi connectivity index (χ1) is 20.6. The minimum absolute atomic E-state index is 0.0305. The molecule has 2 unspecified atom stereocenters. The molecule has 1 fully saturated rings. The molecular weight excluding hydrogens is 583 g/mol. The summed E-state index contributed by atoms with van der Waals surface area (Å²) in [6.07, 6.45) is 5.31. The number of carbonyl (C=O) groups is 2. The van der Waals surface area contributed by atoms with Crippen molar-refractivity contribution in [1.82, 2.24) is 34.4 Å². The molecule has 15 heteroatoms. The second kappa shape index (κ2) is 12.4. The Morgan fingerprint density at radius 2 is 2.07 bits per heavy atom. The third-order valence-corrected chi connectivity index (χ3v) is 7.67. The van der Waals surface area contributed by atoms with E-state index in [1.165, 1.54) is 49.3 Å². The van der Waals surface area contributed by atoms with Crippen LogP contribution in [0.2, 0.25) is 5.02 Å². The van der Waals surface area contributed by atoms with E-state index in [1.807, 2.05) is 0 Å². The number of methoxy groups -OCH3 is 1. The number of hydrogen-bond donors (Lipinski definition) is 3. The van der Waals surface area contributed by atoms with Crippen LogP contribution in [0.4, 0.5) is 10.3 Å². The fourth-order valence-electron chi connectivity index (χ4n) is 4.85. The molecular formula is C28H30ClFN8O5. The van der Waals surface area contributed by atoms with Gasteiger partial charge in [0.1, 0.15) is 29.5 Å². The number of likely N-dealkylation sites (tertiary alicyclic amines) is 1. The Hall–Kier alpha value is -4.56. The summed E-state index contributed by atoms with van der Waals surface area (Å²) in [6.45, 7) is 1.62. The van der Waals surface area contributed by atoms with Gasteiger partial charge in [0.15, 0.2) is 0 Å². The van der Waals surface area contributed by atoms with Gasteiger partial charge in [-0.2, -0.15) is 5.10 Å². The molecule has 1 saturated heterocycles. The van der Waals surface area contributed by atoms with Crippen LogP contribution in [0.3, 0.4) is 0 Å². The zero-order valence-electron chi connectivity index (χ0n) is 23.6. The van der Waals surface area contributed by atoms with Gasteiger partial charge in [-0.25, -0.2) is 18.9 Å². The van der Waals surface area contributed by atoms with Gasteiger partial charge < -0.3 is 25.4 Å². The van der Waals surface area contributed by atoms with Crippen LogP contribution in [-0.4, -0.2) is 79.3 Å². The van der Waals surface area contributed by atoms with Crippen molar-refractivity contribution in [2.45, 2.75) is 37.9 Å². The SMILES string of the molecule is COc1cc(F)cc([C@@H](CO)NC(=O)C(C)n2cnn3cc(-c4nc(NC5CCN(C)C(=O)C5)ncc4Cl)cc3c2=O)c1. The Balaban J connectivity index is 1.37. The van der Waals surface area contributed by atoms with Crippen LogP contribution in [0, 0.1) is 5.82 Å². The number of ether oxygens (including phenoxy) is 1. The summed E-state index contributed by atoms with van der Waals surface area (Å²) >= 11 is 6.42. The van der Waals surface area contributed by atoms with Gasteiger partial charge in [-0.1, -0.05) is 11.6 Å². The number of nitrogens with zero attached hydrogens (tertiary/aromatic N) is 6. The normalized spacial score (nSPS) is 16.7. The van der Waals surface area contributed by atoms with E-state index in [1.54, 1.807) is 24.2 Å². The topological polar surface area (TPSA) is 156 Å². The maximum Gasteiger partial charge on any atom is 0.278 e. The van der Waals surface area contributed by atoms with Gasteiger partial charge in [0.05, 0.1) is 36.7 Å². The Kier molecular flexibility index (Phi) is 8.59. The molecule has 0 bridgehead atoms. The van der Waals surface area contributed by atoms with Crippen LogP contribution in [0.25, 0.3) is 16.8 Å². The summed E-state index contributed by atoms with van der Waals surface area (Å²) < 4.78 is 21.6. The standard InChI is InChI=1S/C28H30ClFN8O5/c1-15(26(41)34-22(13-39)16-6-18(30)9-20(7-16)43-3)37-14-32-38-12-17(8-23(38)27(37)42)25-21(29)11-31-28(35-25)33-19-4-5-36(2)24(40)10-19/h6-9,11-12,14-15,19,22,39H,4-5,10,13H2,1-3H3,(H,34,41)(H,31,33,35)/t15?,19?,22-/m1/s1. The molecule has 226 valence electrons. The highest BCUT2D eigenvalue weighted by Crippen LogP contribution is 2.28. The first-order valence-corrected chi connectivity index (χ1v) is 13.8. The number of anilines is 1. The number of aromatic nitrogens is 5. The lowest BCUT2D eigenvalue weighted by molar-refractivity contribution is -0.132. The molecule has 5 rings (SSSR count). The molecule has 4 heterocycles. The highest BCUT2D eigenvalue weighted by Gasteiger charge is 2.25. The van der Waals surface area contributed by atoms with Gasteiger partial charge in [0.2, 0.25) is 17.8 Å². The Morgan fingerprint density at radius 1 is 1.28 bits per heavy atom. The third-order valence-electron chi connectivity index (χ3n) is 7.39. The first-order valence-electron chi connectivity index (χ1n) is 13.5. The largest absolute Gasteiger partial charge is 0.497 e. The zero-order valence-corrected chi connectivity index (χ0v) is 24.4. The van der Waals surface area contributed by atoms with Crippen LogP contribution in [0.5, 0.6) is 5.75 Å². The minimum Gasteiger partial charge on any atom is -0.497 e. The van der Waals surface area contributed by atoms with Crippen LogP contribution in [0.1, 0.15) is 37.4 Å². The number of nitrogens with one attached hydrogen (secondary N) is 2. The molecule has 0 aliphatic carbocycles. The molecule has 3 atom stereocenters. The molecule has 4 aromatic rings. The van der Waals surface area contributed by atoms with Gasteiger partial charge in [-0.15, -0.1) is 0 Å². The molecule has 2 amide bonds. The van der Waals surface area contributed by atoms with Gasteiger partial charge in [-0.05, 0) is 37.1 Å². The molecule has 1 aliphatic rings. The molecule has 1 aliphatic heterocycles. The number of rotatable bonds is 9. The van der Waals surface area contributed by atoms with Crippen molar-refractivity contribution in [3.63, 3.8) is 0 Å². The van der Waals surface area contributed by atoms with E-state index in [0.29, 0.717) is 35.7 Å². The van der Waals surface area contributed by atoms with Crippen molar-refractivity contribution in [2.24, 2.45) is 0 Å². The Labute approximate surface area is 250 Å². The summed E-state index contributed by atoms with van der Waals surface area (Å²) in [6, 6.07) is 3.33. The molecule has 3 N–H and O–H groups in total. The highest BCUT2D eigenvalue weighted by atomic mass is 35.5. The van der Waals surface area contributed by atoms with Gasteiger partial charge in [0, 0.05) is 43.9 Å². The van der Waals surface area contributed by atoms with Crippen molar-refractivity contribution in [1.29, 1.82) is 0 Å². The van der Waals surface area contributed by atoms with Crippen LogP contribution in [0.15, 0.2) is 47.8 Å². The lowest BCUT2D eigenvalue weighted by atomic mass is 10.1. The smallest absolute Gasteiger partial charge is 0.278 e. The van der Waals surface area contributed by atoms with Crippen molar-refractivity contribution >= 4 is 34.9 Å².